The second-order valence-corrected chi connectivity index (χ2v) is 3.86. The minimum absolute atomic E-state index is 0.162. The fourth-order valence-corrected chi connectivity index (χ4v) is 1.63. The number of aromatic nitrogens is 3. The van der Waals surface area contributed by atoms with E-state index in [1.807, 2.05) is 13.8 Å². The van der Waals surface area contributed by atoms with E-state index in [0.29, 0.717) is 24.0 Å². The van der Waals surface area contributed by atoms with E-state index in [2.05, 4.69) is 16.0 Å². The lowest BCUT2D eigenvalue weighted by molar-refractivity contribution is 0.201. The van der Waals surface area contributed by atoms with Gasteiger partial charge in [0.05, 0.1) is 5.75 Å². The molecule has 1 amide bonds. The largest absolute Gasteiger partial charge is 0.346 e. The first-order chi connectivity index (χ1) is 7.72. The van der Waals surface area contributed by atoms with Gasteiger partial charge in [-0.2, -0.15) is 4.68 Å². The van der Waals surface area contributed by atoms with Crippen LogP contribution in [0.2, 0.25) is 0 Å². The molecule has 0 N–H and O–H groups in total. The van der Waals surface area contributed by atoms with Crippen molar-refractivity contribution in [3.8, 4) is 12.3 Å². The molecule has 0 aliphatic rings. The minimum Gasteiger partial charge on any atom is -0.323 e. The smallest absolute Gasteiger partial charge is 0.323 e. The highest BCUT2D eigenvalue weighted by Crippen LogP contribution is 2.10. The Morgan fingerprint density at radius 1 is 1.62 bits per heavy atom. The summed E-state index contributed by atoms with van der Waals surface area (Å²) in [5.41, 5.74) is 0. The van der Waals surface area contributed by atoms with E-state index >= 15 is 0 Å². The summed E-state index contributed by atoms with van der Waals surface area (Å²) in [6, 6.07) is -0.162. The highest BCUT2D eigenvalue weighted by atomic mass is 32.2. The number of thioether (sulfide) groups is 1. The van der Waals surface area contributed by atoms with E-state index in [4.69, 9.17) is 6.42 Å². The molecule has 1 rings (SSSR count). The maximum Gasteiger partial charge on any atom is 0.346 e. The molecule has 0 atom stereocenters. The van der Waals surface area contributed by atoms with Gasteiger partial charge in [-0.15, -0.1) is 11.5 Å². The van der Waals surface area contributed by atoms with Crippen molar-refractivity contribution in [3.05, 3.63) is 6.33 Å². The van der Waals surface area contributed by atoms with Crippen LogP contribution in [0.1, 0.15) is 13.8 Å². The molecule has 0 fully saturated rings. The molecule has 0 bridgehead atoms. The first-order valence-corrected chi connectivity index (χ1v) is 5.98. The van der Waals surface area contributed by atoms with Gasteiger partial charge in [-0.05, 0) is 13.8 Å². The topological polar surface area (TPSA) is 51.0 Å². The second-order valence-electron chi connectivity index (χ2n) is 2.92. The van der Waals surface area contributed by atoms with Gasteiger partial charge in [-0.3, -0.25) is 0 Å². The Bertz CT molecular complexity index is 392. The number of terminal acetylenes is 1. The third-order valence-corrected chi connectivity index (χ3v) is 2.74. The summed E-state index contributed by atoms with van der Waals surface area (Å²) in [6.07, 6.45) is 6.54. The number of amides is 1. The molecule has 0 aromatic carbocycles. The summed E-state index contributed by atoms with van der Waals surface area (Å²) < 4.78 is 1.24. The molecule has 0 saturated heterocycles. The Morgan fingerprint density at radius 3 is 2.88 bits per heavy atom. The van der Waals surface area contributed by atoms with Gasteiger partial charge in [0.2, 0.25) is 5.16 Å². The van der Waals surface area contributed by atoms with Crippen molar-refractivity contribution in [2.75, 3.05) is 18.8 Å². The van der Waals surface area contributed by atoms with Crippen LogP contribution in [0.15, 0.2) is 11.5 Å². The van der Waals surface area contributed by atoms with Gasteiger partial charge in [0.15, 0.2) is 0 Å². The Labute approximate surface area is 99.2 Å². The fourth-order valence-electron chi connectivity index (χ4n) is 1.15. The SMILES string of the molecule is C#CCSc1ncn(C(=O)N(CC)CC)n1. The zero-order valence-corrected chi connectivity index (χ0v) is 10.2. The molecule has 16 heavy (non-hydrogen) atoms. The van der Waals surface area contributed by atoms with Gasteiger partial charge in [-0.25, -0.2) is 9.78 Å². The van der Waals surface area contributed by atoms with E-state index in [1.165, 1.54) is 22.8 Å². The molecule has 5 nitrogen and oxygen atoms in total. The van der Waals surface area contributed by atoms with Crippen molar-refractivity contribution in [2.45, 2.75) is 19.0 Å². The van der Waals surface area contributed by atoms with Crippen LogP contribution in [-0.4, -0.2) is 44.5 Å². The number of carbonyl (C=O) groups is 1. The van der Waals surface area contributed by atoms with Crippen molar-refractivity contribution in [1.82, 2.24) is 19.7 Å². The number of hydrogen-bond donors (Lipinski definition) is 0. The van der Waals surface area contributed by atoms with Crippen molar-refractivity contribution >= 4 is 17.8 Å². The molecular weight excluding hydrogens is 224 g/mol. The highest BCUT2D eigenvalue weighted by molar-refractivity contribution is 7.99. The molecular formula is C10H14N4OS. The van der Waals surface area contributed by atoms with E-state index in [0.717, 1.165) is 0 Å². The van der Waals surface area contributed by atoms with Crippen LogP contribution in [0.25, 0.3) is 0 Å². The van der Waals surface area contributed by atoms with E-state index < -0.39 is 0 Å². The Morgan fingerprint density at radius 2 is 2.31 bits per heavy atom. The van der Waals surface area contributed by atoms with Crippen molar-refractivity contribution < 1.29 is 4.79 Å². The summed E-state index contributed by atoms with van der Waals surface area (Å²) in [5, 5.41) is 4.57. The molecule has 0 aliphatic carbocycles. The van der Waals surface area contributed by atoms with Crippen LogP contribution in [0, 0.1) is 12.3 Å². The predicted molar refractivity (Wildman–Crippen MR) is 63.3 cm³/mol. The van der Waals surface area contributed by atoms with E-state index in [1.54, 1.807) is 4.90 Å². The van der Waals surface area contributed by atoms with E-state index in [-0.39, 0.29) is 6.03 Å². The average molecular weight is 238 g/mol. The molecule has 0 saturated carbocycles. The quantitative estimate of drug-likeness (QED) is 0.586. The lowest BCUT2D eigenvalue weighted by atomic mass is 10.5. The molecule has 0 radical (unpaired) electrons. The average Bonchev–Trinajstić information content (AvgIpc) is 2.76. The Kier molecular flexibility index (Phi) is 4.86. The lowest BCUT2D eigenvalue weighted by Gasteiger charge is -2.17. The van der Waals surface area contributed by atoms with Crippen LogP contribution in [0.5, 0.6) is 0 Å². The molecule has 1 aromatic rings. The molecule has 1 aromatic heterocycles. The van der Waals surface area contributed by atoms with Gasteiger partial charge in [0.1, 0.15) is 6.33 Å². The zero-order valence-electron chi connectivity index (χ0n) is 9.38. The molecule has 6 heteroatoms. The molecule has 86 valence electrons. The maximum atomic E-state index is 11.8. The number of rotatable bonds is 4. The summed E-state index contributed by atoms with van der Waals surface area (Å²) in [4.78, 5) is 17.5. The van der Waals surface area contributed by atoms with Crippen LogP contribution in [0.4, 0.5) is 4.79 Å². The Hall–Kier alpha value is -1.48. The van der Waals surface area contributed by atoms with Gasteiger partial charge in [0, 0.05) is 13.1 Å². The van der Waals surface area contributed by atoms with Gasteiger partial charge in [-0.1, -0.05) is 17.7 Å². The van der Waals surface area contributed by atoms with Crippen LogP contribution >= 0.6 is 11.8 Å². The molecule has 1 heterocycles. The summed E-state index contributed by atoms with van der Waals surface area (Å²) in [6.45, 7) is 5.16. The zero-order chi connectivity index (χ0) is 12.0. The first-order valence-electron chi connectivity index (χ1n) is 5.00. The highest BCUT2D eigenvalue weighted by Gasteiger charge is 2.13. The predicted octanol–water partition coefficient (Wildman–Crippen LogP) is 1.31. The summed E-state index contributed by atoms with van der Waals surface area (Å²) in [5.74, 6) is 2.98. The van der Waals surface area contributed by atoms with Gasteiger partial charge < -0.3 is 4.90 Å². The number of hydrogen-bond acceptors (Lipinski definition) is 4. The van der Waals surface area contributed by atoms with Gasteiger partial charge in [0.25, 0.3) is 0 Å². The molecule has 0 spiro atoms. The van der Waals surface area contributed by atoms with Crippen molar-refractivity contribution in [3.63, 3.8) is 0 Å². The minimum atomic E-state index is -0.162. The summed E-state index contributed by atoms with van der Waals surface area (Å²) in [7, 11) is 0. The Balaban J connectivity index is 2.70. The molecule has 0 unspecified atom stereocenters. The maximum absolute atomic E-state index is 11.8. The van der Waals surface area contributed by atoms with Gasteiger partial charge >= 0.3 is 6.03 Å². The van der Waals surface area contributed by atoms with Crippen LogP contribution in [0.3, 0.4) is 0 Å². The van der Waals surface area contributed by atoms with Crippen LogP contribution in [-0.2, 0) is 0 Å². The van der Waals surface area contributed by atoms with Crippen molar-refractivity contribution in [1.29, 1.82) is 0 Å². The fraction of sp³-hybridized carbons (Fsp3) is 0.500. The standard InChI is InChI=1S/C10H14N4OS/c1-4-7-16-9-11-8-14(12-9)10(15)13(5-2)6-3/h1,8H,5-7H2,2-3H3. The first kappa shape index (κ1) is 12.6. The summed E-state index contributed by atoms with van der Waals surface area (Å²) >= 11 is 1.34. The monoisotopic (exact) mass is 238 g/mol. The lowest BCUT2D eigenvalue weighted by Crippen LogP contribution is -2.34. The van der Waals surface area contributed by atoms with Crippen LogP contribution < -0.4 is 0 Å². The number of nitrogens with zero attached hydrogens (tertiary/aromatic N) is 4. The third kappa shape index (κ3) is 3.00. The third-order valence-electron chi connectivity index (χ3n) is 1.99. The van der Waals surface area contributed by atoms with E-state index in [9.17, 15) is 4.79 Å². The molecule has 0 aliphatic heterocycles. The normalized spacial score (nSPS) is 9.81. The number of carbonyl (C=O) groups excluding carboxylic acids is 1. The van der Waals surface area contributed by atoms with Crippen molar-refractivity contribution in [2.24, 2.45) is 0 Å². The second kappa shape index (κ2) is 6.18.